The van der Waals surface area contributed by atoms with Crippen molar-refractivity contribution in [2.24, 2.45) is 11.3 Å². The first-order valence-electron chi connectivity index (χ1n) is 9.68. The number of carbonyl (C=O) groups is 1. The minimum atomic E-state index is -0.377. The molecule has 1 aliphatic carbocycles. The van der Waals surface area contributed by atoms with Crippen LogP contribution in [-0.2, 0) is 12.8 Å². The summed E-state index contributed by atoms with van der Waals surface area (Å²) in [4.78, 5) is 13.7. The third-order valence-electron chi connectivity index (χ3n) is 5.97. The van der Waals surface area contributed by atoms with Gasteiger partial charge in [-0.15, -0.1) is 11.3 Å². The number of amides is 1. The second-order valence-corrected chi connectivity index (χ2v) is 9.91. The Labute approximate surface area is 186 Å². The molecule has 0 fully saturated rings. The van der Waals surface area contributed by atoms with Crippen LogP contribution in [0, 0.1) is 22.7 Å². The lowest BCUT2D eigenvalue weighted by atomic mass is 9.69. The highest BCUT2D eigenvalue weighted by molar-refractivity contribution is 7.80. The predicted molar refractivity (Wildman–Crippen MR) is 124 cm³/mol. The van der Waals surface area contributed by atoms with Crippen LogP contribution in [0.4, 0.5) is 5.00 Å². The molecule has 0 bridgehead atoms. The zero-order valence-electron chi connectivity index (χ0n) is 16.8. The number of nitrogens with zero attached hydrogens (tertiary/aromatic N) is 1. The number of fused-ring (bicyclic) bond motifs is 1. The molecule has 4 nitrogen and oxygen atoms in total. The van der Waals surface area contributed by atoms with E-state index in [0.29, 0.717) is 27.1 Å². The fraction of sp³-hybridized carbons (Fsp3) is 0.409. The van der Waals surface area contributed by atoms with E-state index in [4.69, 9.17) is 23.8 Å². The zero-order chi connectivity index (χ0) is 21.2. The summed E-state index contributed by atoms with van der Waals surface area (Å²) in [6.07, 6.45) is 4.11. The zero-order valence-corrected chi connectivity index (χ0v) is 19.2. The van der Waals surface area contributed by atoms with Gasteiger partial charge in [-0.2, -0.15) is 5.26 Å². The Morgan fingerprint density at radius 1 is 1.41 bits per heavy atom. The lowest BCUT2D eigenvalue weighted by molar-refractivity contribution is 0.0978. The Morgan fingerprint density at radius 2 is 2.14 bits per heavy atom. The van der Waals surface area contributed by atoms with Crippen LogP contribution in [0.5, 0.6) is 0 Å². The molecule has 0 saturated heterocycles. The normalized spacial score (nSPS) is 15.9. The molecule has 29 heavy (non-hydrogen) atoms. The molecule has 152 valence electrons. The number of anilines is 1. The maximum atomic E-state index is 12.4. The van der Waals surface area contributed by atoms with E-state index in [1.807, 2.05) is 0 Å². The predicted octanol–water partition coefficient (Wildman–Crippen LogP) is 5.94. The minimum absolute atomic E-state index is 0.162. The van der Waals surface area contributed by atoms with Gasteiger partial charge in [0, 0.05) is 4.88 Å². The van der Waals surface area contributed by atoms with Crippen molar-refractivity contribution in [3.05, 3.63) is 50.9 Å². The second kappa shape index (κ2) is 8.83. The Kier molecular flexibility index (Phi) is 6.62. The number of nitrogens with one attached hydrogen (secondary N) is 2. The van der Waals surface area contributed by atoms with Gasteiger partial charge in [0.15, 0.2) is 5.11 Å². The van der Waals surface area contributed by atoms with Gasteiger partial charge in [0.05, 0.1) is 16.1 Å². The number of hydrogen-bond acceptors (Lipinski definition) is 4. The van der Waals surface area contributed by atoms with Crippen LogP contribution < -0.4 is 10.6 Å². The van der Waals surface area contributed by atoms with Crippen molar-refractivity contribution >= 4 is 51.2 Å². The van der Waals surface area contributed by atoms with Crippen LogP contribution in [0.1, 0.15) is 60.0 Å². The topological polar surface area (TPSA) is 64.9 Å². The molecule has 7 heteroatoms. The SMILES string of the molecule is CCC(C)(C)C1CCc2c(sc(NC(=S)NC(=O)c3ccccc3Cl)c2C#N)C1. The highest BCUT2D eigenvalue weighted by Gasteiger charge is 2.34. The molecule has 1 heterocycles. The Bertz CT molecular complexity index is 990. The molecule has 1 unspecified atom stereocenters. The molecular weight excluding hydrogens is 422 g/mol. The van der Waals surface area contributed by atoms with Gasteiger partial charge in [-0.05, 0) is 60.5 Å². The van der Waals surface area contributed by atoms with Crippen LogP contribution in [0.25, 0.3) is 0 Å². The highest BCUT2D eigenvalue weighted by Crippen LogP contribution is 2.45. The van der Waals surface area contributed by atoms with Crippen LogP contribution in [-0.4, -0.2) is 11.0 Å². The van der Waals surface area contributed by atoms with Gasteiger partial charge in [-0.25, -0.2) is 0 Å². The molecule has 1 amide bonds. The van der Waals surface area contributed by atoms with Crippen molar-refractivity contribution in [3.63, 3.8) is 0 Å². The quantitative estimate of drug-likeness (QED) is 0.571. The summed E-state index contributed by atoms with van der Waals surface area (Å²) in [5.41, 5.74) is 2.41. The lowest BCUT2D eigenvalue weighted by Gasteiger charge is -2.36. The van der Waals surface area contributed by atoms with Gasteiger partial charge in [-0.1, -0.05) is 50.9 Å². The fourth-order valence-corrected chi connectivity index (χ4v) is 5.46. The number of rotatable bonds is 4. The summed E-state index contributed by atoms with van der Waals surface area (Å²) >= 11 is 13.0. The highest BCUT2D eigenvalue weighted by atomic mass is 35.5. The van der Waals surface area contributed by atoms with E-state index >= 15 is 0 Å². The largest absolute Gasteiger partial charge is 0.323 e. The molecule has 1 aromatic heterocycles. The van der Waals surface area contributed by atoms with Crippen molar-refractivity contribution in [1.29, 1.82) is 5.26 Å². The van der Waals surface area contributed by atoms with E-state index in [1.165, 1.54) is 4.88 Å². The molecular formula is C22H24ClN3OS2. The number of benzene rings is 1. The van der Waals surface area contributed by atoms with Gasteiger partial charge in [0.1, 0.15) is 11.1 Å². The molecule has 2 N–H and O–H groups in total. The van der Waals surface area contributed by atoms with Crippen LogP contribution >= 0.6 is 35.2 Å². The van der Waals surface area contributed by atoms with Gasteiger partial charge >= 0.3 is 0 Å². The molecule has 2 aromatic rings. The third-order valence-corrected chi connectivity index (χ3v) is 7.67. The van der Waals surface area contributed by atoms with E-state index in [2.05, 4.69) is 37.5 Å². The van der Waals surface area contributed by atoms with Gasteiger partial charge in [0.2, 0.25) is 0 Å². The van der Waals surface area contributed by atoms with E-state index in [0.717, 1.165) is 31.2 Å². The second-order valence-electron chi connectivity index (χ2n) is 7.99. The van der Waals surface area contributed by atoms with Crippen LogP contribution in [0.3, 0.4) is 0 Å². The minimum Gasteiger partial charge on any atom is -0.323 e. The maximum absolute atomic E-state index is 12.4. The summed E-state index contributed by atoms with van der Waals surface area (Å²) in [5.74, 6) is 0.225. The Balaban J connectivity index is 1.75. The monoisotopic (exact) mass is 445 g/mol. The van der Waals surface area contributed by atoms with Crippen molar-refractivity contribution in [3.8, 4) is 6.07 Å². The van der Waals surface area contributed by atoms with E-state index in [9.17, 15) is 10.1 Å². The van der Waals surface area contributed by atoms with E-state index in [1.54, 1.807) is 35.6 Å². The van der Waals surface area contributed by atoms with E-state index < -0.39 is 0 Å². The first kappa shape index (κ1) is 21.8. The molecule has 1 aliphatic rings. The molecule has 0 radical (unpaired) electrons. The summed E-state index contributed by atoms with van der Waals surface area (Å²) in [6, 6.07) is 9.12. The first-order valence-corrected chi connectivity index (χ1v) is 11.3. The third kappa shape index (κ3) is 4.63. The lowest BCUT2D eigenvalue weighted by Crippen LogP contribution is -2.34. The average Bonchev–Trinajstić information content (AvgIpc) is 3.03. The molecule has 0 saturated carbocycles. The number of halogens is 1. The van der Waals surface area contributed by atoms with Crippen LogP contribution in [0.15, 0.2) is 24.3 Å². The first-order chi connectivity index (χ1) is 13.8. The number of nitriles is 1. The van der Waals surface area contributed by atoms with Crippen molar-refractivity contribution in [2.45, 2.75) is 46.5 Å². The number of hydrogen-bond donors (Lipinski definition) is 2. The summed E-state index contributed by atoms with van der Waals surface area (Å²) < 4.78 is 0. The molecule has 1 aromatic carbocycles. The number of carbonyl (C=O) groups excluding carboxylic acids is 1. The van der Waals surface area contributed by atoms with E-state index in [-0.39, 0.29) is 16.4 Å². The van der Waals surface area contributed by atoms with Crippen molar-refractivity contribution in [2.75, 3.05) is 5.32 Å². The maximum Gasteiger partial charge on any atom is 0.258 e. The summed E-state index contributed by atoms with van der Waals surface area (Å²) in [7, 11) is 0. The standard InChI is InChI=1S/C22H24ClN3OS2/c1-4-22(2,3)13-9-10-14-16(12-24)20(29-18(14)11-13)26-21(28)25-19(27)15-7-5-6-8-17(15)23/h5-8,13H,4,9-11H2,1-3H3,(H2,25,26,27,28). The number of thiocarbonyl (C=S) groups is 1. The smallest absolute Gasteiger partial charge is 0.258 e. The molecule has 3 rings (SSSR count). The van der Waals surface area contributed by atoms with Gasteiger partial charge < -0.3 is 5.32 Å². The fourth-order valence-electron chi connectivity index (χ4n) is 3.70. The number of thiophene rings is 1. The van der Waals surface area contributed by atoms with Gasteiger partial charge in [0.25, 0.3) is 5.91 Å². The Morgan fingerprint density at radius 3 is 2.79 bits per heavy atom. The Hall–Kier alpha value is -1.94. The van der Waals surface area contributed by atoms with Crippen LogP contribution in [0.2, 0.25) is 5.02 Å². The summed E-state index contributed by atoms with van der Waals surface area (Å²) in [5, 5.41) is 16.7. The van der Waals surface area contributed by atoms with Crippen molar-refractivity contribution < 1.29 is 4.79 Å². The molecule has 0 spiro atoms. The molecule has 0 aliphatic heterocycles. The van der Waals surface area contributed by atoms with Crippen molar-refractivity contribution in [1.82, 2.24) is 5.32 Å². The summed E-state index contributed by atoms with van der Waals surface area (Å²) in [6.45, 7) is 6.87. The van der Waals surface area contributed by atoms with Gasteiger partial charge in [-0.3, -0.25) is 10.1 Å². The molecule has 1 atom stereocenters. The average molecular weight is 446 g/mol.